The standard InChI is InChI=1S/C18H20N2O6/c1-4-26-18(23)16(14(17(22)25-3)9-15(21)24-2)20-11-13-7-5-12(10-19)6-8-13/h5-8,11,14,16H,4,9H2,1-3H3. The van der Waals surface area contributed by atoms with E-state index in [4.69, 9.17) is 10.00 Å². The normalized spacial score (nSPS) is 12.7. The Morgan fingerprint density at radius 3 is 2.31 bits per heavy atom. The highest BCUT2D eigenvalue weighted by Crippen LogP contribution is 2.18. The van der Waals surface area contributed by atoms with Crippen molar-refractivity contribution >= 4 is 24.1 Å². The van der Waals surface area contributed by atoms with E-state index in [0.29, 0.717) is 11.1 Å². The maximum absolute atomic E-state index is 12.3. The van der Waals surface area contributed by atoms with Gasteiger partial charge >= 0.3 is 17.9 Å². The lowest BCUT2D eigenvalue weighted by molar-refractivity contribution is -0.158. The van der Waals surface area contributed by atoms with Crippen molar-refractivity contribution in [3.05, 3.63) is 35.4 Å². The number of benzene rings is 1. The van der Waals surface area contributed by atoms with E-state index in [2.05, 4.69) is 14.5 Å². The van der Waals surface area contributed by atoms with E-state index in [1.165, 1.54) is 13.3 Å². The van der Waals surface area contributed by atoms with Crippen molar-refractivity contribution in [3.63, 3.8) is 0 Å². The molecule has 0 fully saturated rings. The van der Waals surface area contributed by atoms with Gasteiger partial charge in [-0.1, -0.05) is 12.1 Å². The second-order valence-corrected chi connectivity index (χ2v) is 5.12. The first-order valence-corrected chi connectivity index (χ1v) is 7.81. The topological polar surface area (TPSA) is 115 Å². The minimum absolute atomic E-state index is 0.0911. The molecular formula is C18H20N2O6. The Morgan fingerprint density at radius 2 is 1.81 bits per heavy atom. The molecule has 8 heteroatoms. The smallest absolute Gasteiger partial charge is 0.331 e. The van der Waals surface area contributed by atoms with Crippen molar-refractivity contribution in [2.45, 2.75) is 19.4 Å². The Labute approximate surface area is 151 Å². The van der Waals surface area contributed by atoms with Gasteiger partial charge in [0.25, 0.3) is 0 Å². The molecule has 2 atom stereocenters. The molecular weight excluding hydrogens is 340 g/mol. The number of hydrogen-bond acceptors (Lipinski definition) is 8. The quantitative estimate of drug-likeness (QED) is 0.389. The van der Waals surface area contributed by atoms with Crippen LogP contribution in [0.15, 0.2) is 29.3 Å². The molecule has 0 amide bonds. The van der Waals surface area contributed by atoms with Gasteiger partial charge in [0.1, 0.15) is 5.92 Å². The highest BCUT2D eigenvalue weighted by atomic mass is 16.5. The summed E-state index contributed by atoms with van der Waals surface area (Å²) < 4.78 is 14.2. The van der Waals surface area contributed by atoms with Gasteiger partial charge in [-0.15, -0.1) is 0 Å². The van der Waals surface area contributed by atoms with Crippen molar-refractivity contribution < 1.29 is 28.6 Å². The number of ether oxygens (including phenoxy) is 3. The number of carbonyl (C=O) groups excluding carboxylic acids is 3. The van der Waals surface area contributed by atoms with Crippen LogP contribution in [0, 0.1) is 17.2 Å². The third-order valence-corrected chi connectivity index (χ3v) is 3.45. The molecule has 0 heterocycles. The zero-order chi connectivity index (χ0) is 19.5. The van der Waals surface area contributed by atoms with Crippen LogP contribution in [0.1, 0.15) is 24.5 Å². The first-order valence-electron chi connectivity index (χ1n) is 7.81. The van der Waals surface area contributed by atoms with Crippen LogP contribution in [0.4, 0.5) is 0 Å². The minimum Gasteiger partial charge on any atom is -0.469 e. The summed E-state index contributed by atoms with van der Waals surface area (Å²) in [6.07, 6.45) is 0.993. The molecule has 0 aliphatic carbocycles. The minimum atomic E-state index is -1.27. The molecule has 2 unspecified atom stereocenters. The number of nitriles is 1. The fourth-order valence-corrected chi connectivity index (χ4v) is 2.10. The van der Waals surface area contributed by atoms with Gasteiger partial charge in [-0.25, -0.2) is 4.79 Å². The summed E-state index contributed by atoms with van der Waals surface area (Å²) in [5.74, 6) is -3.38. The average molecular weight is 360 g/mol. The maximum atomic E-state index is 12.3. The number of aliphatic imine (C=N–C) groups is 1. The highest BCUT2D eigenvalue weighted by Gasteiger charge is 2.37. The van der Waals surface area contributed by atoms with Crippen molar-refractivity contribution in [1.82, 2.24) is 0 Å². The summed E-state index contributed by atoms with van der Waals surface area (Å²) in [7, 11) is 2.33. The van der Waals surface area contributed by atoms with Crippen LogP contribution in [0.3, 0.4) is 0 Å². The molecule has 0 spiro atoms. The van der Waals surface area contributed by atoms with Crippen LogP contribution in [0.5, 0.6) is 0 Å². The SMILES string of the molecule is CCOC(=O)C(N=Cc1ccc(C#N)cc1)C(CC(=O)OC)C(=O)OC. The van der Waals surface area contributed by atoms with Crippen LogP contribution < -0.4 is 0 Å². The summed E-state index contributed by atoms with van der Waals surface area (Å²) >= 11 is 0. The Kier molecular flexibility index (Phi) is 8.50. The summed E-state index contributed by atoms with van der Waals surface area (Å²) in [6, 6.07) is 7.18. The molecule has 1 aromatic carbocycles. The van der Waals surface area contributed by atoms with Gasteiger partial charge in [0, 0.05) is 6.21 Å². The number of carbonyl (C=O) groups is 3. The first kappa shape index (κ1) is 20.8. The largest absolute Gasteiger partial charge is 0.469 e. The molecule has 0 aliphatic rings. The fraction of sp³-hybridized carbons (Fsp3) is 0.389. The van der Waals surface area contributed by atoms with Gasteiger partial charge in [0.15, 0.2) is 6.04 Å². The molecule has 1 aromatic rings. The zero-order valence-electron chi connectivity index (χ0n) is 14.8. The van der Waals surface area contributed by atoms with Crippen LogP contribution in [0.2, 0.25) is 0 Å². The van der Waals surface area contributed by atoms with E-state index in [9.17, 15) is 14.4 Å². The third kappa shape index (κ3) is 6.02. The summed E-state index contributed by atoms with van der Waals surface area (Å²) in [6.45, 7) is 1.71. The van der Waals surface area contributed by atoms with Crippen LogP contribution in [-0.2, 0) is 28.6 Å². The molecule has 26 heavy (non-hydrogen) atoms. The second-order valence-electron chi connectivity index (χ2n) is 5.12. The van der Waals surface area contributed by atoms with E-state index >= 15 is 0 Å². The van der Waals surface area contributed by atoms with Crippen molar-refractivity contribution in [2.24, 2.45) is 10.9 Å². The molecule has 0 aromatic heterocycles. The molecule has 0 N–H and O–H groups in total. The van der Waals surface area contributed by atoms with E-state index in [0.717, 1.165) is 7.11 Å². The Balaban J connectivity index is 3.15. The van der Waals surface area contributed by atoms with Crippen molar-refractivity contribution in [2.75, 3.05) is 20.8 Å². The molecule has 0 radical (unpaired) electrons. The lowest BCUT2D eigenvalue weighted by Gasteiger charge is -2.19. The van der Waals surface area contributed by atoms with E-state index < -0.39 is 29.9 Å². The van der Waals surface area contributed by atoms with Gasteiger partial charge in [-0.05, 0) is 24.6 Å². The molecule has 0 aliphatic heterocycles. The lowest BCUT2D eigenvalue weighted by atomic mass is 9.96. The average Bonchev–Trinajstić information content (AvgIpc) is 2.67. The lowest BCUT2D eigenvalue weighted by Crippen LogP contribution is -2.37. The number of nitrogens with zero attached hydrogens (tertiary/aromatic N) is 2. The van der Waals surface area contributed by atoms with Gasteiger partial charge in [-0.2, -0.15) is 5.26 Å². The number of methoxy groups -OCH3 is 2. The first-order chi connectivity index (χ1) is 12.5. The van der Waals surface area contributed by atoms with Gasteiger partial charge in [0.2, 0.25) is 0 Å². The second kappa shape index (κ2) is 10.6. The van der Waals surface area contributed by atoms with Crippen LogP contribution >= 0.6 is 0 Å². The zero-order valence-corrected chi connectivity index (χ0v) is 14.8. The summed E-state index contributed by atoms with van der Waals surface area (Å²) in [5.41, 5.74) is 1.09. The molecule has 0 saturated heterocycles. The van der Waals surface area contributed by atoms with E-state index in [-0.39, 0.29) is 13.0 Å². The monoisotopic (exact) mass is 360 g/mol. The Morgan fingerprint density at radius 1 is 1.15 bits per heavy atom. The maximum Gasteiger partial charge on any atom is 0.331 e. The molecule has 0 saturated carbocycles. The van der Waals surface area contributed by atoms with Crippen LogP contribution in [0.25, 0.3) is 0 Å². The van der Waals surface area contributed by atoms with E-state index in [1.807, 2.05) is 6.07 Å². The Hall–Kier alpha value is -3.21. The van der Waals surface area contributed by atoms with Gasteiger partial charge in [0.05, 0.1) is 38.9 Å². The predicted octanol–water partition coefficient (Wildman–Crippen LogP) is 1.26. The van der Waals surface area contributed by atoms with E-state index in [1.54, 1.807) is 31.2 Å². The number of rotatable bonds is 8. The molecule has 0 bridgehead atoms. The van der Waals surface area contributed by atoms with Crippen molar-refractivity contribution in [1.29, 1.82) is 5.26 Å². The summed E-state index contributed by atoms with van der Waals surface area (Å²) in [5, 5.41) is 8.81. The predicted molar refractivity (Wildman–Crippen MR) is 91.3 cm³/mol. The number of hydrogen-bond donors (Lipinski definition) is 0. The van der Waals surface area contributed by atoms with Gasteiger partial charge in [-0.3, -0.25) is 14.6 Å². The van der Waals surface area contributed by atoms with Crippen molar-refractivity contribution in [3.8, 4) is 6.07 Å². The van der Waals surface area contributed by atoms with Crippen LogP contribution in [-0.4, -0.2) is 51.0 Å². The molecule has 8 nitrogen and oxygen atoms in total. The molecule has 1 rings (SSSR count). The summed E-state index contributed by atoms with van der Waals surface area (Å²) in [4.78, 5) is 40.1. The number of esters is 3. The van der Waals surface area contributed by atoms with Gasteiger partial charge < -0.3 is 14.2 Å². The fourth-order valence-electron chi connectivity index (χ4n) is 2.10. The molecule has 138 valence electrons. The highest BCUT2D eigenvalue weighted by molar-refractivity contribution is 5.90. The third-order valence-electron chi connectivity index (χ3n) is 3.45. The Bertz CT molecular complexity index is 705.